The predicted molar refractivity (Wildman–Crippen MR) is 155 cm³/mol. The summed E-state index contributed by atoms with van der Waals surface area (Å²) in [5.41, 5.74) is 5.48. The van der Waals surface area contributed by atoms with Gasteiger partial charge in [-0.2, -0.15) is 5.26 Å². The van der Waals surface area contributed by atoms with Gasteiger partial charge >= 0.3 is 6.09 Å². The number of carbonyl (C=O) groups is 2. The van der Waals surface area contributed by atoms with E-state index in [1.165, 1.54) is 16.7 Å². The second-order valence-corrected chi connectivity index (χ2v) is 12.0. The molecule has 0 radical (unpaired) electrons. The summed E-state index contributed by atoms with van der Waals surface area (Å²) in [5.74, 6) is 0.413. The minimum absolute atomic E-state index is 0.0424. The van der Waals surface area contributed by atoms with E-state index in [-0.39, 0.29) is 12.0 Å². The highest BCUT2D eigenvalue weighted by atomic mass is 16.6. The van der Waals surface area contributed by atoms with Crippen LogP contribution in [0.25, 0.3) is 10.9 Å². The number of likely N-dealkylation sites (tertiary alicyclic amines) is 1. The average Bonchev–Trinajstić information content (AvgIpc) is 3.38. The molecular weight excluding hydrogens is 502 g/mol. The molecule has 2 amide bonds. The van der Waals surface area contributed by atoms with E-state index in [2.05, 4.69) is 35.0 Å². The molecule has 2 aromatic carbocycles. The van der Waals surface area contributed by atoms with Crippen LogP contribution < -0.4 is 0 Å². The number of benzene rings is 2. The maximum Gasteiger partial charge on any atom is 0.410 e. The summed E-state index contributed by atoms with van der Waals surface area (Å²) < 4.78 is 5.55. The van der Waals surface area contributed by atoms with Gasteiger partial charge in [0.15, 0.2) is 0 Å². The van der Waals surface area contributed by atoms with Gasteiger partial charge in [0.05, 0.1) is 11.6 Å². The van der Waals surface area contributed by atoms with Gasteiger partial charge in [0.25, 0.3) is 5.91 Å². The molecular formula is C32H39N5O3. The Hall–Kier alpha value is -3.83. The van der Waals surface area contributed by atoms with E-state index in [0.29, 0.717) is 43.4 Å². The Morgan fingerprint density at radius 2 is 1.65 bits per heavy atom. The van der Waals surface area contributed by atoms with Crippen LogP contribution >= 0.6 is 0 Å². The van der Waals surface area contributed by atoms with Crippen molar-refractivity contribution in [2.45, 2.75) is 58.6 Å². The number of H-pyrrole nitrogens is 1. The highest BCUT2D eigenvalue weighted by Gasteiger charge is 2.29. The molecule has 3 aromatic rings. The summed E-state index contributed by atoms with van der Waals surface area (Å²) in [6.45, 7) is 13.0. The molecule has 0 spiro atoms. The molecule has 8 heteroatoms. The van der Waals surface area contributed by atoms with Crippen LogP contribution in [0.3, 0.4) is 0 Å². The van der Waals surface area contributed by atoms with Crippen LogP contribution in [0.4, 0.5) is 4.79 Å². The smallest absolute Gasteiger partial charge is 0.410 e. The van der Waals surface area contributed by atoms with E-state index in [1.807, 2.05) is 60.9 Å². The summed E-state index contributed by atoms with van der Waals surface area (Å²) in [6, 6.07) is 16.1. The number of ether oxygens (including phenoxy) is 1. The first-order chi connectivity index (χ1) is 19.1. The molecule has 0 unspecified atom stereocenters. The maximum absolute atomic E-state index is 13.4. The van der Waals surface area contributed by atoms with E-state index >= 15 is 0 Å². The van der Waals surface area contributed by atoms with Crippen molar-refractivity contribution < 1.29 is 14.3 Å². The Kier molecular flexibility index (Phi) is 7.86. The molecule has 2 saturated heterocycles. The Balaban J connectivity index is 1.20. The average molecular weight is 542 g/mol. The number of piperidine rings is 1. The van der Waals surface area contributed by atoms with Gasteiger partial charge in [-0.3, -0.25) is 9.69 Å². The molecule has 0 saturated carbocycles. The van der Waals surface area contributed by atoms with Gasteiger partial charge < -0.3 is 19.5 Å². The SMILES string of the molecule is Cc1c(C2CCN(C(=O)OC(C)(C)C)CC2)ccc2cc(C(=O)N3CCN(Cc4ccc(C#N)cc4)CC3)[nH]c12. The van der Waals surface area contributed by atoms with Crippen LogP contribution in [0, 0.1) is 18.3 Å². The zero-order valence-electron chi connectivity index (χ0n) is 24.0. The first kappa shape index (κ1) is 27.7. The Morgan fingerprint density at radius 3 is 2.27 bits per heavy atom. The van der Waals surface area contributed by atoms with Gasteiger partial charge in [0.1, 0.15) is 11.3 Å². The lowest BCUT2D eigenvalue weighted by molar-refractivity contribution is 0.0204. The van der Waals surface area contributed by atoms with Crippen molar-refractivity contribution in [3.63, 3.8) is 0 Å². The Morgan fingerprint density at radius 1 is 0.975 bits per heavy atom. The number of aromatic nitrogens is 1. The van der Waals surface area contributed by atoms with E-state index < -0.39 is 5.60 Å². The normalized spacial score (nSPS) is 17.2. The largest absolute Gasteiger partial charge is 0.444 e. The predicted octanol–water partition coefficient (Wildman–Crippen LogP) is 5.42. The quantitative estimate of drug-likeness (QED) is 0.476. The number of nitriles is 1. The molecule has 210 valence electrons. The highest BCUT2D eigenvalue weighted by molar-refractivity contribution is 5.99. The number of rotatable bonds is 4. The molecule has 0 bridgehead atoms. The van der Waals surface area contributed by atoms with Gasteiger partial charge in [-0.1, -0.05) is 24.3 Å². The number of piperazine rings is 1. The second kappa shape index (κ2) is 11.3. The number of amides is 2. The van der Waals surface area contributed by atoms with Crippen LogP contribution in [0.1, 0.15) is 72.3 Å². The molecule has 0 atom stereocenters. The van der Waals surface area contributed by atoms with E-state index in [4.69, 9.17) is 10.00 Å². The number of nitrogens with one attached hydrogen (secondary N) is 1. The summed E-state index contributed by atoms with van der Waals surface area (Å²) in [7, 11) is 0. The molecule has 40 heavy (non-hydrogen) atoms. The monoisotopic (exact) mass is 541 g/mol. The van der Waals surface area contributed by atoms with Gasteiger partial charge in [-0.05, 0) is 81.3 Å². The fourth-order valence-corrected chi connectivity index (χ4v) is 5.84. The number of hydrogen-bond acceptors (Lipinski definition) is 5. The lowest BCUT2D eigenvalue weighted by Crippen LogP contribution is -2.48. The van der Waals surface area contributed by atoms with E-state index in [0.717, 1.165) is 43.4 Å². The third-order valence-corrected chi connectivity index (χ3v) is 8.06. The molecule has 2 aliphatic rings. The summed E-state index contributed by atoms with van der Waals surface area (Å²) in [5, 5.41) is 10.0. The molecule has 8 nitrogen and oxygen atoms in total. The first-order valence-electron chi connectivity index (χ1n) is 14.2. The van der Waals surface area contributed by atoms with Crippen LogP contribution in [-0.4, -0.2) is 76.6 Å². The molecule has 2 aliphatic heterocycles. The lowest BCUT2D eigenvalue weighted by atomic mass is 9.86. The summed E-state index contributed by atoms with van der Waals surface area (Å²) >= 11 is 0. The number of hydrogen-bond donors (Lipinski definition) is 1. The molecule has 0 aliphatic carbocycles. The zero-order valence-corrected chi connectivity index (χ0v) is 24.0. The van der Waals surface area contributed by atoms with Crippen molar-refractivity contribution in [1.29, 1.82) is 5.26 Å². The fraction of sp³-hybridized carbons (Fsp3) is 0.469. The molecule has 1 N–H and O–H groups in total. The number of nitrogens with zero attached hydrogens (tertiary/aromatic N) is 4. The number of aromatic amines is 1. The number of aryl methyl sites for hydroxylation is 1. The Labute approximate surface area is 236 Å². The Bertz CT molecular complexity index is 1410. The first-order valence-corrected chi connectivity index (χ1v) is 14.2. The topological polar surface area (TPSA) is 92.7 Å². The summed E-state index contributed by atoms with van der Waals surface area (Å²) in [4.78, 5) is 35.4. The maximum atomic E-state index is 13.4. The molecule has 2 fully saturated rings. The van der Waals surface area contributed by atoms with Crippen molar-refractivity contribution in [2.24, 2.45) is 0 Å². The van der Waals surface area contributed by atoms with Crippen LogP contribution in [0.5, 0.6) is 0 Å². The van der Waals surface area contributed by atoms with E-state index in [1.54, 1.807) is 0 Å². The molecule has 3 heterocycles. The van der Waals surface area contributed by atoms with Gasteiger partial charge in [-0.15, -0.1) is 0 Å². The lowest BCUT2D eigenvalue weighted by Gasteiger charge is -2.34. The fourth-order valence-electron chi connectivity index (χ4n) is 5.84. The third kappa shape index (κ3) is 6.15. The highest BCUT2D eigenvalue weighted by Crippen LogP contribution is 2.34. The minimum Gasteiger partial charge on any atom is -0.444 e. The number of carbonyl (C=O) groups excluding carboxylic acids is 2. The molecule has 1 aromatic heterocycles. The second-order valence-electron chi connectivity index (χ2n) is 12.0. The zero-order chi connectivity index (χ0) is 28.4. The van der Waals surface area contributed by atoms with E-state index in [9.17, 15) is 9.59 Å². The molecule has 5 rings (SSSR count). The van der Waals surface area contributed by atoms with Crippen molar-refractivity contribution in [3.8, 4) is 6.07 Å². The van der Waals surface area contributed by atoms with Crippen molar-refractivity contribution in [2.75, 3.05) is 39.3 Å². The van der Waals surface area contributed by atoms with Crippen LogP contribution in [0.2, 0.25) is 0 Å². The summed E-state index contributed by atoms with van der Waals surface area (Å²) in [6.07, 6.45) is 1.55. The van der Waals surface area contributed by atoms with Gasteiger partial charge in [-0.25, -0.2) is 4.79 Å². The minimum atomic E-state index is -0.488. The van der Waals surface area contributed by atoms with Gasteiger partial charge in [0.2, 0.25) is 0 Å². The standard InChI is InChI=1S/C32H39N5O3/c1-22-27(25-11-13-37(14-12-25)31(39)40-32(2,3)4)10-9-26-19-28(34-29(22)26)30(38)36-17-15-35(16-18-36)21-24-7-5-23(20-33)6-8-24/h5-10,19,25,34H,11-18,21H2,1-4H3. The van der Waals surface area contributed by atoms with Gasteiger partial charge in [0, 0.05) is 56.7 Å². The number of fused-ring (bicyclic) bond motifs is 1. The van der Waals surface area contributed by atoms with Crippen molar-refractivity contribution >= 4 is 22.9 Å². The van der Waals surface area contributed by atoms with Crippen molar-refractivity contribution in [3.05, 3.63) is 70.4 Å². The third-order valence-electron chi connectivity index (χ3n) is 8.06. The van der Waals surface area contributed by atoms with Crippen LogP contribution in [-0.2, 0) is 11.3 Å². The van der Waals surface area contributed by atoms with Crippen molar-refractivity contribution in [1.82, 2.24) is 19.7 Å². The van der Waals surface area contributed by atoms with Crippen LogP contribution in [0.15, 0.2) is 42.5 Å².